The van der Waals surface area contributed by atoms with Gasteiger partial charge in [0.15, 0.2) is 0 Å². The first-order chi connectivity index (χ1) is 4.73. The Kier molecular flexibility index (Phi) is 1.13. The average molecular weight is 161 g/mol. The molecule has 2 heterocycles. The SMILES string of the molecule is O=C1NS(=O)CC12COC2. The summed E-state index contributed by atoms with van der Waals surface area (Å²) < 4.78 is 18.0. The van der Waals surface area contributed by atoms with Crippen molar-refractivity contribution in [2.45, 2.75) is 0 Å². The average Bonchev–Trinajstić information content (AvgIpc) is 2.04. The van der Waals surface area contributed by atoms with Crippen molar-refractivity contribution >= 4 is 16.9 Å². The number of ether oxygens (including phenoxy) is 1. The Morgan fingerprint density at radius 3 is 2.50 bits per heavy atom. The molecule has 0 bridgehead atoms. The van der Waals surface area contributed by atoms with Gasteiger partial charge in [0.05, 0.1) is 19.0 Å². The predicted molar refractivity (Wildman–Crippen MR) is 34.4 cm³/mol. The molecule has 4 nitrogen and oxygen atoms in total. The minimum atomic E-state index is -1.15. The molecule has 0 aromatic carbocycles. The van der Waals surface area contributed by atoms with Crippen LogP contribution in [0.4, 0.5) is 0 Å². The van der Waals surface area contributed by atoms with Gasteiger partial charge >= 0.3 is 0 Å². The molecule has 0 aromatic heterocycles. The first kappa shape index (κ1) is 6.30. The molecule has 2 rings (SSSR count). The van der Waals surface area contributed by atoms with E-state index in [2.05, 4.69) is 4.72 Å². The number of carbonyl (C=O) groups excluding carboxylic acids is 1. The molecule has 56 valence electrons. The number of rotatable bonds is 0. The maximum Gasteiger partial charge on any atom is 0.243 e. The van der Waals surface area contributed by atoms with E-state index in [9.17, 15) is 9.00 Å². The van der Waals surface area contributed by atoms with Gasteiger partial charge in [-0.05, 0) is 0 Å². The second-order valence-electron chi connectivity index (χ2n) is 2.69. The van der Waals surface area contributed by atoms with E-state index >= 15 is 0 Å². The van der Waals surface area contributed by atoms with Gasteiger partial charge in [-0.15, -0.1) is 0 Å². The van der Waals surface area contributed by atoms with E-state index in [1.54, 1.807) is 0 Å². The van der Waals surface area contributed by atoms with Crippen molar-refractivity contribution in [2.24, 2.45) is 5.41 Å². The number of amides is 1. The second-order valence-corrected chi connectivity index (χ2v) is 3.88. The monoisotopic (exact) mass is 161 g/mol. The molecule has 0 radical (unpaired) electrons. The second kappa shape index (κ2) is 1.79. The van der Waals surface area contributed by atoms with E-state index in [0.717, 1.165) is 0 Å². The number of hydrogen-bond donors (Lipinski definition) is 1. The quantitative estimate of drug-likeness (QED) is 0.485. The maximum atomic E-state index is 11.0. The molecule has 2 aliphatic heterocycles. The highest BCUT2D eigenvalue weighted by Crippen LogP contribution is 2.32. The highest BCUT2D eigenvalue weighted by atomic mass is 32.2. The third-order valence-corrected chi connectivity index (χ3v) is 3.08. The van der Waals surface area contributed by atoms with E-state index in [1.165, 1.54) is 0 Å². The Labute approximate surface area is 60.5 Å². The summed E-state index contributed by atoms with van der Waals surface area (Å²) in [6, 6.07) is 0. The normalized spacial score (nSPS) is 35.6. The molecular weight excluding hydrogens is 154 g/mol. The molecule has 2 aliphatic rings. The van der Waals surface area contributed by atoms with Gasteiger partial charge in [-0.3, -0.25) is 9.52 Å². The molecule has 2 saturated heterocycles. The van der Waals surface area contributed by atoms with Gasteiger partial charge in [0.2, 0.25) is 5.91 Å². The van der Waals surface area contributed by atoms with Crippen LogP contribution in [0.1, 0.15) is 0 Å². The highest BCUT2D eigenvalue weighted by molar-refractivity contribution is 7.84. The summed E-state index contributed by atoms with van der Waals surface area (Å²) in [5.41, 5.74) is -0.426. The summed E-state index contributed by atoms with van der Waals surface area (Å²) in [6.45, 7) is 0.870. The van der Waals surface area contributed by atoms with Crippen molar-refractivity contribution in [1.82, 2.24) is 4.72 Å². The van der Waals surface area contributed by atoms with Gasteiger partial charge in [0.25, 0.3) is 0 Å². The smallest absolute Gasteiger partial charge is 0.243 e. The standard InChI is InChI=1S/C5H7NO3S/c7-4-5(1-9-2-5)3-10(8)6-4/h1-3H2,(H,6,7). The van der Waals surface area contributed by atoms with Crippen LogP contribution < -0.4 is 4.72 Å². The van der Waals surface area contributed by atoms with Crippen molar-refractivity contribution in [3.63, 3.8) is 0 Å². The number of carbonyl (C=O) groups is 1. The van der Waals surface area contributed by atoms with Crippen molar-refractivity contribution in [2.75, 3.05) is 19.0 Å². The van der Waals surface area contributed by atoms with Crippen LogP contribution in [0.5, 0.6) is 0 Å². The zero-order valence-corrected chi connectivity index (χ0v) is 6.07. The molecule has 0 aliphatic carbocycles. The molecule has 1 unspecified atom stereocenters. The van der Waals surface area contributed by atoms with Gasteiger partial charge in [0, 0.05) is 0 Å². The van der Waals surface area contributed by atoms with Crippen LogP contribution in [-0.2, 0) is 20.5 Å². The molecule has 0 saturated carbocycles. The molecule has 1 amide bonds. The zero-order chi connectivity index (χ0) is 7.19. The summed E-state index contributed by atoms with van der Waals surface area (Å²) in [4.78, 5) is 11.0. The van der Waals surface area contributed by atoms with E-state index in [4.69, 9.17) is 4.74 Å². The topological polar surface area (TPSA) is 55.4 Å². The van der Waals surface area contributed by atoms with E-state index in [0.29, 0.717) is 19.0 Å². The van der Waals surface area contributed by atoms with Crippen LogP contribution in [-0.4, -0.2) is 29.1 Å². The summed E-state index contributed by atoms with van der Waals surface area (Å²) in [7, 11) is -1.15. The van der Waals surface area contributed by atoms with Crippen LogP contribution in [0.2, 0.25) is 0 Å². The van der Waals surface area contributed by atoms with E-state index in [-0.39, 0.29) is 5.91 Å². The molecule has 1 N–H and O–H groups in total. The van der Waals surface area contributed by atoms with Crippen molar-refractivity contribution in [3.8, 4) is 0 Å². The van der Waals surface area contributed by atoms with Gasteiger partial charge in [-0.25, -0.2) is 4.21 Å². The lowest BCUT2D eigenvalue weighted by atomic mass is 9.88. The van der Waals surface area contributed by atoms with E-state index in [1.807, 2.05) is 0 Å². The fourth-order valence-electron chi connectivity index (χ4n) is 1.13. The lowest BCUT2D eigenvalue weighted by molar-refractivity contribution is -0.152. The fraction of sp³-hybridized carbons (Fsp3) is 0.800. The first-order valence-electron chi connectivity index (χ1n) is 3.00. The predicted octanol–water partition coefficient (Wildman–Crippen LogP) is -1.20. The fourth-order valence-corrected chi connectivity index (χ4v) is 2.42. The Bertz CT molecular complexity index is 211. The van der Waals surface area contributed by atoms with Gasteiger partial charge in [-0.1, -0.05) is 0 Å². The molecule has 2 fully saturated rings. The third kappa shape index (κ3) is 0.644. The van der Waals surface area contributed by atoms with Gasteiger partial charge in [0.1, 0.15) is 16.4 Å². The summed E-state index contributed by atoms with van der Waals surface area (Å²) in [6.07, 6.45) is 0. The van der Waals surface area contributed by atoms with Crippen molar-refractivity contribution in [3.05, 3.63) is 0 Å². The molecule has 1 spiro atoms. The van der Waals surface area contributed by atoms with Crippen LogP contribution in [0.25, 0.3) is 0 Å². The summed E-state index contributed by atoms with van der Waals surface area (Å²) in [5.74, 6) is 0.309. The molecule has 0 aromatic rings. The lowest BCUT2D eigenvalue weighted by Crippen LogP contribution is -2.49. The molecule has 1 atom stereocenters. The van der Waals surface area contributed by atoms with E-state index < -0.39 is 16.4 Å². The maximum absolute atomic E-state index is 11.0. The highest BCUT2D eigenvalue weighted by Gasteiger charge is 2.52. The minimum Gasteiger partial charge on any atom is -0.379 e. The Morgan fingerprint density at radius 1 is 1.60 bits per heavy atom. The van der Waals surface area contributed by atoms with Crippen LogP contribution in [0.3, 0.4) is 0 Å². The zero-order valence-electron chi connectivity index (χ0n) is 5.25. The third-order valence-electron chi connectivity index (χ3n) is 1.85. The van der Waals surface area contributed by atoms with Crippen molar-refractivity contribution < 1.29 is 13.7 Å². The lowest BCUT2D eigenvalue weighted by Gasteiger charge is -2.33. The van der Waals surface area contributed by atoms with Crippen LogP contribution >= 0.6 is 0 Å². The van der Waals surface area contributed by atoms with Gasteiger partial charge < -0.3 is 4.74 Å². The first-order valence-corrected chi connectivity index (χ1v) is 4.32. The Balaban J connectivity index is 2.23. The van der Waals surface area contributed by atoms with Crippen LogP contribution in [0, 0.1) is 5.41 Å². The molecular formula is C5H7NO3S. The minimum absolute atomic E-state index is 0.114. The Hall–Kier alpha value is -0.420. The number of nitrogens with one attached hydrogen (secondary N) is 1. The van der Waals surface area contributed by atoms with Gasteiger partial charge in [-0.2, -0.15) is 0 Å². The number of hydrogen-bond acceptors (Lipinski definition) is 3. The Morgan fingerprint density at radius 2 is 2.30 bits per heavy atom. The largest absolute Gasteiger partial charge is 0.379 e. The summed E-state index contributed by atoms with van der Waals surface area (Å²) >= 11 is 0. The summed E-state index contributed by atoms with van der Waals surface area (Å²) in [5, 5.41) is 0. The molecule has 10 heavy (non-hydrogen) atoms. The molecule has 5 heteroatoms. The van der Waals surface area contributed by atoms with Crippen LogP contribution in [0.15, 0.2) is 0 Å². The van der Waals surface area contributed by atoms with Crippen molar-refractivity contribution in [1.29, 1.82) is 0 Å².